The Bertz CT molecular complexity index is 201. The molecule has 0 aromatic carbocycles. The molecule has 0 radical (unpaired) electrons. The van der Waals surface area contributed by atoms with E-state index in [1.165, 1.54) is 19.3 Å². The SMILES string of the molecule is CC1CCNC(=O)C1NC1CCC1. The Hall–Kier alpha value is -0.570. The maximum absolute atomic E-state index is 11.5. The molecule has 2 fully saturated rings. The topological polar surface area (TPSA) is 41.1 Å². The lowest BCUT2D eigenvalue weighted by molar-refractivity contribution is -0.126. The number of hydrogen-bond donors (Lipinski definition) is 2. The normalized spacial score (nSPS) is 35.3. The summed E-state index contributed by atoms with van der Waals surface area (Å²) >= 11 is 0. The van der Waals surface area contributed by atoms with Gasteiger partial charge in [0.2, 0.25) is 5.91 Å². The summed E-state index contributed by atoms with van der Waals surface area (Å²) in [6.45, 7) is 3.01. The number of amides is 1. The van der Waals surface area contributed by atoms with Crippen molar-refractivity contribution in [3.63, 3.8) is 0 Å². The molecule has 3 heteroatoms. The number of hydrogen-bond acceptors (Lipinski definition) is 2. The zero-order chi connectivity index (χ0) is 9.26. The first-order valence-corrected chi connectivity index (χ1v) is 5.31. The average molecular weight is 182 g/mol. The van der Waals surface area contributed by atoms with Crippen molar-refractivity contribution < 1.29 is 4.79 Å². The molecule has 74 valence electrons. The number of carbonyl (C=O) groups is 1. The Morgan fingerprint density at radius 1 is 1.38 bits per heavy atom. The highest BCUT2D eigenvalue weighted by Crippen LogP contribution is 2.21. The number of rotatable bonds is 2. The smallest absolute Gasteiger partial charge is 0.237 e. The zero-order valence-corrected chi connectivity index (χ0v) is 8.18. The largest absolute Gasteiger partial charge is 0.355 e. The van der Waals surface area contributed by atoms with E-state index in [-0.39, 0.29) is 11.9 Å². The van der Waals surface area contributed by atoms with Gasteiger partial charge in [-0.15, -0.1) is 0 Å². The Balaban J connectivity index is 1.89. The van der Waals surface area contributed by atoms with Crippen LogP contribution in [-0.2, 0) is 4.79 Å². The summed E-state index contributed by atoms with van der Waals surface area (Å²) in [5, 5.41) is 6.36. The van der Waals surface area contributed by atoms with E-state index < -0.39 is 0 Å². The first-order valence-electron chi connectivity index (χ1n) is 5.31. The fourth-order valence-electron chi connectivity index (χ4n) is 2.03. The average Bonchev–Trinajstić information content (AvgIpc) is 2.00. The van der Waals surface area contributed by atoms with Crippen LogP contribution in [-0.4, -0.2) is 24.5 Å². The van der Waals surface area contributed by atoms with Crippen molar-refractivity contribution in [2.45, 2.75) is 44.7 Å². The maximum Gasteiger partial charge on any atom is 0.237 e. The molecule has 1 heterocycles. The molecule has 0 spiro atoms. The molecule has 0 aromatic rings. The third-order valence-electron chi connectivity index (χ3n) is 3.27. The Kier molecular flexibility index (Phi) is 2.54. The van der Waals surface area contributed by atoms with E-state index in [0.717, 1.165) is 13.0 Å². The second kappa shape index (κ2) is 3.66. The summed E-state index contributed by atoms with van der Waals surface area (Å²) in [6.07, 6.45) is 4.92. The first-order chi connectivity index (χ1) is 6.27. The molecule has 2 N–H and O–H groups in total. The van der Waals surface area contributed by atoms with Gasteiger partial charge in [-0.1, -0.05) is 13.3 Å². The standard InChI is InChI=1S/C10H18N2O/c1-7-5-6-11-10(13)9(7)12-8-3-2-4-8/h7-9,12H,2-6H2,1H3,(H,11,13). The van der Waals surface area contributed by atoms with E-state index in [1.807, 2.05) is 0 Å². The van der Waals surface area contributed by atoms with Crippen LogP contribution in [0, 0.1) is 5.92 Å². The summed E-state index contributed by atoms with van der Waals surface area (Å²) in [7, 11) is 0. The molecule has 1 saturated carbocycles. The van der Waals surface area contributed by atoms with Crippen molar-refractivity contribution in [1.29, 1.82) is 0 Å². The highest BCUT2D eigenvalue weighted by atomic mass is 16.2. The molecule has 2 rings (SSSR count). The van der Waals surface area contributed by atoms with Gasteiger partial charge < -0.3 is 10.6 Å². The minimum Gasteiger partial charge on any atom is -0.355 e. The van der Waals surface area contributed by atoms with E-state index in [9.17, 15) is 4.79 Å². The van der Waals surface area contributed by atoms with Crippen LogP contribution in [0.5, 0.6) is 0 Å². The van der Waals surface area contributed by atoms with Crippen LogP contribution in [0.2, 0.25) is 0 Å². The lowest BCUT2D eigenvalue weighted by atomic mass is 9.88. The Morgan fingerprint density at radius 2 is 2.15 bits per heavy atom. The van der Waals surface area contributed by atoms with E-state index in [2.05, 4.69) is 17.6 Å². The van der Waals surface area contributed by atoms with Crippen LogP contribution < -0.4 is 10.6 Å². The van der Waals surface area contributed by atoms with E-state index in [4.69, 9.17) is 0 Å². The summed E-state index contributed by atoms with van der Waals surface area (Å²) in [6, 6.07) is 0.676. The maximum atomic E-state index is 11.5. The quantitative estimate of drug-likeness (QED) is 0.658. The minimum absolute atomic E-state index is 0.0686. The fourth-order valence-corrected chi connectivity index (χ4v) is 2.03. The number of carbonyl (C=O) groups excluding carboxylic acids is 1. The molecule has 1 aliphatic carbocycles. The van der Waals surface area contributed by atoms with Crippen molar-refractivity contribution in [2.75, 3.05) is 6.54 Å². The van der Waals surface area contributed by atoms with E-state index in [1.54, 1.807) is 0 Å². The highest BCUT2D eigenvalue weighted by Gasteiger charge is 2.31. The van der Waals surface area contributed by atoms with Crippen LogP contribution in [0.25, 0.3) is 0 Å². The van der Waals surface area contributed by atoms with Gasteiger partial charge in [-0.3, -0.25) is 4.79 Å². The van der Waals surface area contributed by atoms with Crippen LogP contribution in [0.1, 0.15) is 32.6 Å². The molecule has 2 unspecified atom stereocenters. The van der Waals surface area contributed by atoms with Crippen molar-refractivity contribution in [3.8, 4) is 0 Å². The molecule has 0 aromatic heterocycles. The third kappa shape index (κ3) is 1.85. The van der Waals surface area contributed by atoms with Gasteiger partial charge in [-0.05, 0) is 25.2 Å². The van der Waals surface area contributed by atoms with Gasteiger partial charge in [0.1, 0.15) is 0 Å². The van der Waals surface area contributed by atoms with Crippen LogP contribution in [0.3, 0.4) is 0 Å². The van der Waals surface area contributed by atoms with Crippen molar-refractivity contribution in [1.82, 2.24) is 10.6 Å². The third-order valence-corrected chi connectivity index (χ3v) is 3.27. The first kappa shape index (κ1) is 9.00. The number of nitrogens with one attached hydrogen (secondary N) is 2. The van der Waals surface area contributed by atoms with Gasteiger partial charge in [0, 0.05) is 12.6 Å². The monoisotopic (exact) mass is 182 g/mol. The van der Waals surface area contributed by atoms with E-state index in [0.29, 0.717) is 12.0 Å². The van der Waals surface area contributed by atoms with Gasteiger partial charge >= 0.3 is 0 Å². The van der Waals surface area contributed by atoms with Crippen molar-refractivity contribution in [3.05, 3.63) is 0 Å². The van der Waals surface area contributed by atoms with Gasteiger partial charge in [0.05, 0.1) is 6.04 Å². The predicted molar refractivity (Wildman–Crippen MR) is 51.4 cm³/mol. The molecule has 1 aliphatic heterocycles. The Morgan fingerprint density at radius 3 is 2.69 bits per heavy atom. The molecule has 0 bridgehead atoms. The summed E-state index contributed by atoms with van der Waals surface area (Å²) in [4.78, 5) is 11.5. The molecule has 2 aliphatic rings. The summed E-state index contributed by atoms with van der Waals surface area (Å²) < 4.78 is 0. The number of piperidine rings is 1. The van der Waals surface area contributed by atoms with Gasteiger partial charge in [0.25, 0.3) is 0 Å². The predicted octanol–water partition coefficient (Wildman–Crippen LogP) is 0.653. The summed E-state index contributed by atoms with van der Waals surface area (Å²) in [5.74, 6) is 0.694. The molecule has 2 atom stereocenters. The summed E-state index contributed by atoms with van der Waals surface area (Å²) in [5.41, 5.74) is 0. The van der Waals surface area contributed by atoms with Gasteiger partial charge in [0.15, 0.2) is 0 Å². The molecule has 13 heavy (non-hydrogen) atoms. The van der Waals surface area contributed by atoms with Gasteiger partial charge in [-0.2, -0.15) is 0 Å². The van der Waals surface area contributed by atoms with Gasteiger partial charge in [-0.25, -0.2) is 0 Å². The van der Waals surface area contributed by atoms with Crippen LogP contribution in [0.15, 0.2) is 0 Å². The molecule has 3 nitrogen and oxygen atoms in total. The van der Waals surface area contributed by atoms with Crippen molar-refractivity contribution in [2.24, 2.45) is 5.92 Å². The molecule has 1 amide bonds. The van der Waals surface area contributed by atoms with Crippen molar-refractivity contribution >= 4 is 5.91 Å². The van der Waals surface area contributed by atoms with Crippen LogP contribution in [0.4, 0.5) is 0 Å². The minimum atomic E-state index is 0.0686. The molecular weight excluding hydrogens is 164 g/mol. The lowest BCUT2D eigenvalue weighted by Gasteiger charge is -2.36. The van der Waals surface area contributed by atoms with E-state index >= 15 is 0 Å². The van der Waals surface area contributed by atoms with Crippen LogP contribution >= 0.6 is 0 Å². The fraction of sp³-hybridized carbons (Fsp3) is 0.900. The molecular formula is C10H18N2O. The Labute approximate surface area is 79.3 Å². The molecule has 1 saturated heterocycles. The highest BCUT2D eigenvalue weighted by molar-refractivity contribution is 5.82. The zero-order valence-electron chi connectivity index (χ0n) is 8.18. The second-order valence-corrected chi connectivity index (χ2v) is 4.33. The lowest BCUT2D eigenvalue weighted by Crippen LogP contribution is -2.56. The second-order valence-electron chi connectivity index (χ2n) is 4.33.